The first-order chi connectivity index (χ1) is 13.6. The van der Waals surface area contributed by atoms with Gasteiger partial charge in [-0.1, -0.05) is 0 Å². The Hall–Kier alpha value is -3.88. The molecule has 2 heterocycles. The zero-order valence-electron chi connectivity index (χ0n) is 15.9. The van der Waals surface area contributed by atoms with Crippen LogP contribution in [-0.4, -0.2) is 45.0 Å². The van der Waals surface area contributed by atoms with Crippen LogP contribution in [0.25, 0.3) is 11.6 Å². The van der Waals surface area contributed by atoms with E-state index in [0.29, 0.717) is 33.8 Å². The molecule has 9 heteroatoms. The van der Waals surface area contributed by atoms with Crippen LogP contribution in [0.15, 0.2) is 18.2 Å². The van der Waals surface area contributed by atoms with Crippen molar-refractivity contribution in [1.29, 1.82) is 0 Å². The van der Waals surface area contributed by atoms with Crippen molar-refractivity contribution in [3.63, 3.8) is 0 Å². The zero-order chi connectivity index (χ0) is 21.5. The van der Waals surface area contributed by atoms with Crippen LogP contribution >= 0.6 is 0 Å². The van der Waals surface area contributed by atoms with E-state index in [1.807, 2.05) is 0 Å². The second-order valence-electron chi connectivity index (χ2n) is 6.77. The number of carbonyl (C=O) groups is 4. The Kier molecular flexibility index (Phi) is 4.98. The van der Waals surface area contributed by atoms with Crippen LogP contribution in [0.5, 0.6) is 0 Å². The monoisotopic (exact) mass is 397 g/mol. The molecule has 0 fully saturated rings. The third kappa shape index (κ3) is 3.62. The van der Waals surface area contributed by atoms with E-state index in [9.17, 15) is 24.3 Å². The summed E-state index contributed by atoms with van der Waals surface area (Å²) in [4.78, 5) is 50.1. The second kappa shape index (κ2) is 7.27. The molecule has 0 bridgehead atoms. The second-order valence-corrected chi connectivity index (χ2v) is 6.77. The van der Waals surface area contributed by atoms with Crippen LogP contribution in [0, 0.1) is 13.8 Å². The fourth-order valence-electron chi connectivity index (χ4n) is 3.20. The normalized spacial score (nSPS) is 15.0. The van der Waals surface area contributed by atoms with Gasteiger partial charge in [0.1, 0.15) is 6.04 Å². The van der Waals surface area contributed by atoms with E-state index in [-0.39, 0.29) is 17.0 Å². The maximum Gasteiger partial charge on any atom is 0.335 e. The van der Waals surface area contributed by atoms with Gasteiger partial charge in [-0.2, -0.15) is 0 Å². The van der Waals surface area contributed by atoms with Crippen molar-refractivity contribution in [3.05, 3.63) is 51.8 Å². The molecule has 0 saturated carbocycles. The molecule has 5 N–H and O–H groups in total. The van der Waals surface area contributed by atoms with E-state index in [1.165, 1.54) is 25.1 Å². The van der Waals surface area contributed by atoms with Gasteiger partial charge in [0.05, 0.1) is 16.7 Å². The molecule has 1 aliphatic rings. The highest BCUT2D eigenvalue weighted by Gasteiger charge is 2.27. The Morgan fingerprint density at radius 1 is 1.17 bits per heavy atom. The lowest BCUT2D eigenvalue weighted by Gasteiger charge is -2.09. The van der Waals surface area contributed by atoms with E-state index >= 15 is 0 Å². The largest absolute Gasteiger partial charge is 0.480 e. The summed E-state index contributed by atoms with van der Waals surface area (Å²) in [6.45, 7) is 4.71. The number of aromatic amines is 1. The number of aryl methyl sites for hydroxylation is 1. The van der Waals surface area contributed by atoms with Crippen molar-refractivity contribution in [2.24, 2.45) is 0 Å². The lowest BCUT2D eigenvalue weighted by molar-refractivity contribution is -0.138. The molecule has 1 aromatic heterocycles. The van der Waals surface area contributed by atoms with Gasteiger partial charge in [0.25, 0.3) is 11.8 Å². The lowest BCUT2D eigenvalue weighted by atomic mass is 10.0. The number of benzene rings is 1. The summed E-state index contributed by atoms with van der Waals surface area (Å²) in [5.74, 6) is -3.19. The zero-order valence-corrected chi connectivity index (χ0v) is 15.9. The SMILES string of the molecule is Cc1[nH]c(/C=C2\C(=O)Nc3ccc(C(=O)O)cc32)c(C)c1C(=O)N[C@H](C)C(=O)O. The van der Waals surface area contributed by atoms with Crippen LogP contribution in [0.2, 0.25) is 0 Å². The number of aromatic nitrogens is 1. The lowest BCUT2D eigenvalue weighted by Crippen LogP contribution is -2.38. The Morgan fingerprint density at radius 3 is 2.48 bits per heavy atom. The smallest absolute Gasteiger partial charge is 0.335 e. The van der Waals surface area contributed by atoms with Crippen molar-refractivity contribution in [3.8, 4) is 0 Å². The van der Waals surface area contributed by atoms with Gasteiger partial charge in [0.2, 0.25) is 0 Å². The molecule has 1 aromatic carbocycles. The molecule has 0 radical (unpaired) electrons. The van der Waals surface area contributed by atoms with Crippen LogP contribution in [0.1, 0.15) is 50.2 Å². The number of nitrogens with one attached hydrogen (secondary N) is 3. The van der Waals surface area contributed by atoms with E-state index < -0.39 is 23.9 Å². The van der Waals surface area contributed by atoms with Gasteiger partial charge < -0.3 is 25.8 Å². The van der Waals surface area contributed by atoms with E-state index in [2.05, 4.69) is 15.6 Å². The predicted octanol–water partition coefficient (Wildman–Crippen LogP) is 2.03. The minimum atomic E-state index is -1.15. The van der Waals surface area contributed by atoms with Crippen molar-refractivity contribution < 1.29 is 29.4 Å². The van der Waals surface area contributed by atoms with Crippen LogP contribution in [-0.2, 0) is 9.59 Å². The molecule has 0 aliphatic carbocycles. The minimum Gasteiger partial charge on any atom is -0.480 e. The Labute approximate surface area is 165 Å². The molecule has 0 saturated heterocycles. The maximum absolute atomic E-state index is 12.5. The molecule has 2 aromatic rings. The number of hydrogen-bond acceptors (Lipinski definition) is 4. The summed E-state index contributed by atoms with van der Waals surface area (Å²) in [6, 6.07) is 3.28. The summed E-state index contributed by atoms with van der Waals surface area (Å²) >= 11 is 0. The summed E-state index contributed by atoms with van der Waals surface area (Å²) < 4.78 is 0. The minimum absolute atomic E-state index is 0.0493. The molecule has 2 amide bonds. The molecule has 1 aliphatic heterocycles. The number of H-pyrrole nitrogens is 1. The summed E-state index contributed by atoms with van der Waals surface area (Å²) in [6.07, 6.45) is 1.55. The molecule has 9 nitrogen and oxygen atoms in total. The highest BCUT2D eigenvalue weighted by atomic mass is 16.4. The number of fused-ring (bicyclic) bond motifs is 1. The number of rotatable bonds is 5. The number of hydrogen-bond donors (Lipinski definition) is 5. The first-order valence-corrected chi connectivity index (χ1v) is 8.73. The van der Waals surface area contributed by atoms with Gasteiger partial charge in [0, 0.05) is 22.6 Å². The van der Waals surface area contributed by atoms with E-state index in [0.717, 1.165) is 0 Å². The van der Waals surface area contributed by atoms with Gasteiger partial charge in [-0.3, -0.25) is 14.4 Å². The molecule has 150 valence electrons. The number of anilines is 1. The van der Waals surface area contributed by atoms with Gasteiger partial charge in [-0.05, 0) is 50.6 Å². The predicted molar refractivity (Wildman–Crippen MR) is 105 cm³/mol. The maximum atomic E-state index is 12.5. The third-order valence-electron chi connectivity index (χ3n) is 4.76. The molecule has 29 heavy (non-hydrogen) atoms. The van der Waals surface area contributed by atoms with Crippen molar-refractivity contribution >= 4 is 41.1 Å². The molecule has 3 rings (SSSR count). The molecular weight excluding hydrogens is 378 g/mol. The van der Waals surface area contributed by atoms with Crippen LogP contribution in [0.3, 0.4) is 0 Å². The Balaban J connectivity index is 2.02. The topological polar surface area (TPSA) is 149 Å². The number of carbonyl (C=O) groups excluding carboxylic acids is 2. The Morgan fingerprint density at radius 2 is 1.86 bits per heavy atom. The summed E-state index contributed by atoms with van der Waals surface area (Å²) in [5.41, 5.74) is 3.11. The average Bonchev–Trinajstić information content (AvgIpc) is 3.10. The fraction of sp³-hybridized carbons (Fsp3) is 0.200. The number of carboxylic acid groups (broad SMARTS) is 2. The fourth-order valence-corrected chi connectivity index (χ4v) is 3.20. The van der Waals surface area contributed by atoms with Crippen LogP contribution < -0.4 is 10.6 Å². The quantitative estimate of drug-likeness (QED) is 0.488. The molecule has 1 atom stereocenters. The third-order valence-corrected chi connectivity index (χ3v) is 4.76. The molecular formula is C20H19N3O6. The number of aromatic carboxylic acids is 1. The van der Waals surface area contributed by atoms with E-state index in [4.69, 9.17) is 5.11 Å². The highest BCUT2D eigenvalue weighted by molar-refractivity contribution is 6.35. The van der Waals surface area contributed by atoms with Gasteiger partial charge in [-0.25, -0.2) is 4.79 Å². The molecule has 0 spiro atoms. The highest BCUT2D eigenvalue weighted by Crippen LogP contribution is 2.34. The van der Waals surface area contributed by atoms with Crippen molar-refractivity contribution in [1.82, 2.24) is 10.3 Å². The number of amides is 2. The summed E-state index contributed by atoms with van der Waals surface area (Å²) in [7, 11) is 0. The summed E-state index contributed by atoms with van der Waals surface area (Å²) in [5, 5.41) is 23.3. The van der Waals surface area contributed by atoms with Crippen molar-refractivity contribution in [2.75, 3.05) is 5.32 Å². The van der Waals surface area contributed by atoms with Gasteiger partial charge in [-0.15, -0.1) is 0 Å². The number of aliphatic carboxylic acids is 1. The van der Waals surface area contributed by atoms with Crippen LogP contribution in [0.4, 0.5) is 5.69 Å². The van der Waals surface area contributed by atoms with E-state index in [1.54, 1.807) is 19.9 Å². The standard InChI is InChI=1S/C20H19N3O6/c1-8-15(21-9(2)16(8)18(25)22-10(3)19(26)27)7-13-12-6-11(20(28)29)4-5-14(12)23-17(13)24/h4-7,10,21H,1-3H3,(H,22,25)(H,23,24)(H,26,27)(H,28,29)/b13-7-/t10-/m1/s1. The first kappa shape index (κ1) is 19.9. The van der Waals surface area contributed by atoms with Gasteiger partial charge in [0.15, 0.2) is 0 Å². The van der Waals surface area contributed by atoms with Gasteiger partial charge >= 0.3 is 11.9 Å². The first-order valence-electron chi connectivity index (χ1n) is 8.73. The van der Waals surface area contributed by atoms with Crippen molar-refractivity contribution in [2.45, 2.75) is 26.8 Å². The Bertz CT molecular complexity index is 1100. The molecule has 0 unspecified atom stereocenters. The number of carboxylic acids is 2. The average molecular weight is 397 g/mol.